The van der Waals surface area contributed by atoms with E-state index >= 15 is 0 Å². The SMILES string of the molecule is COc1cc2ccccc2cc1C(=O)OCC(=O)Nc1ccccc1[N+](=O)[O-]. The summed E-state index contributed by atoms with van der Waals surface area (Å²) in [4.78, 5) is 34.8. The summed E-state index contributed by atoms with van der Waals surface area (Å²) in [6.45, 7) is -0.596. The Bertz CT molecular complexity index is 1060. The number of rotatable bonds is 6. The van der Waals surface area contributed by atoms with E-state index in [0.29, 0.717) is 5.75 Å². The van der Waals surface area contributed by atoms with Gasteiger partial charge in [0.15, 0.2) is 6.61 Å². The van der Waals surface area contributed by atoms with Crippen molar-refractivity contribution in [2.75, 3.05) is 19.0 Å². The molecular weight excluding hydrogens is 364 g/mol. The third-order valence-corrected chi connectivity index (χ3v) is 4.00. The van der Waals surface area contributed by atoms with Crippen LogP contribution < -0.4 is 10.1 Å². The molecule has 0 spiro atoms. The van der Waals surface area contributed by atoms with Crippen molar-refractivity contribution in [1.29, 1.82) is 0 Å². The van der Waals surface area contributed by atoms with E-state index in [4.69, 9.17) is 9.47 Å². The van der Waals surface area contributed by atoms with Gasteiger partial charge in [0, 0.05) is 6.07 Å². The van der Waals surface area contributed by atoms with Crippen LogP contribution in [0.3, 0.4) is 0 Å². The molecule has 28 heavy (non-hydrogen) atoms. The van der Waals surface area contributed by atoms with Gasteiger partial charge in [0.05, 0.1) is 12.0 Å². The molecule has 0 bridgehead atoms. The van der Waals surface area contributed by atoms with Gasteiger partial charge in [-0.15, -0.1) is 0 Å². The van der Waals surface area contributed by atoms with Gasteiger partial charge in [-0.05, 0) is 29.0 Å². The van der Waals surface area contributed by atoms with Crippen molar-refractivity contribution in [2.24, 2.45) is 0 Å². The fourth-order valence-electron chi connectivity index (χ4n) is 2.68. The number of benzene rings is 3. The van der Waals surface area contributed by atoms with Crippen molar-refractivity contribution in [3.8, 4) is 5.75 Å². The van der Waals surface area contributed by atoms with Gasteiger partial charge in [0.25, 0.3) is 11.6 Å². The molecule has 0 saturated carbocycles. The van der Waals surface area contributed by atoms with Crippen molar-refractivity contribution in [3.05, 3.63) is 76.3 Å². The van der Waals surface area contributed by atoms with Gasteiger partial charge in [0.1, 0.15) is 17.0 Å². The van der Waals surface area contributed by atoms with E-state index in [2.05, 4.69) is 5.32 Å². The van der Waals surface area contributed by atoms with Crippen molar-refractivity contribution in [3.63, 3.8) is 0 Å². The number of ether oxygens (including phenoxy) is 2. The van der Waals surface area contributed by atoms with Crippen LogP contribution in [0.15, 0.2) is 60.7 Å². The van der Waals surface area contributed by atoms with Crippen LogP contribution in [0.5, 0.6) is 5.75 Å². The first-order valence-corrected chi connectivity index (χ1v) is 8.27. The van der Waals surface area contributed by atoms with Crippen LogP contribution in [-0.4, -0.2) is 30.5 Å². The number of methoxy groups -OCH3 is 1. The van der Waals surface area contributed by atoms with Crippen LogP contribution in [0.1, 0.15) is 10.4 Å². The Balaban J connectivity index is 1.71. The zero-order valence-corrected chi connectivity index (χ0v) is 14.9. The maximum absolute atomic E-state index is 12.4. The van der Waals surface area contributed by atoms with E-state index < -0.39 is 23.4 Å². The molecule has 1 amide bonds. The van der Waals surface area contributed by atoms with Crippen LogP contribution in [0.2, 0.25) is 0 Å². The van der Waals surface area contributed by atoms with Crippen LogP contribution in [-0.2, 0) is 9.53 Å². The molecule has 0 aliphatic rings. The normalized spacial score (nSPS) is 10.3. The number of nitrogens with one attached hydrogen (secondary N) is 1. The monoisotopic (exact) mass is 380 g/mol. The molecule has 0 aliphatic carbocycles. The van der Waals surface area contributed by atoms with E-state index in [0.717, 1.165) is 10.8 Å². The summed E-state index contributed by atoms with van der Waals surface area (Å²) < 4.78 is 10.3. The number of hydrogen-bond donors (Lipinski definition) is 1. The molecule has 3 rings (SSSR count). The summed E-state index contributed by atoms with van der Waals surface area (Å²) in [5.41, 5.74) is -0.0464. The molecule has 0 aliphatic heterocycles. The summed E-state index contributed by atoms with van der Waals surface area (Å²) in [7, 11) is 1.43. The smallest absolute Gasteiger partial charge is 0.342 e. The predicted molar refractivity (Wildman–Crippen MR) is 103 cm³/mol. The Morgan fingerprint density at radius 1 is 1.04 bits per heavy atom. The molecule has 3 aromatic carbocycles. The Morgan fingerprint density at radius 3 is 2.36 bits per heavy atom. The number of carbonyl (C=O) groups excluding carboxylic acids is 2. The number of nitro benzene ring substituents is 1. The van der Waals surface area contributed by atoms with E-state index in [-0.39, 0.29) is 16.9 Å². The number of nitro groups is 1. The number of hydrogen-bond acceptors (Lipinski definition) is 6. The van der Waals surface area contributed by atoms with Crippen molar-refractivity contribution in [2.45, 2.75) is 0 Å². The lowest BCUT2D eigenvalue weighted by Gasteiger charge is -2.11. The topological polar surface area (TPSA) is 108 Å². The number of anilines is 1. The molecule has 8 heteroatoms. The average molecular weight is 380 g/mol. The van der Waals surface area contributed by atoms with Gasteiger partial charge < -0.3 is 14.8 Å². The lowest BCUT2D eigenvalue weighted by molar-refractivity contribution is -0.383. The van der Waals surface area contributed by atoms with Gasteiger partial charge in [-0.3, -0.25) is 14.9 Å². The van der Waals surface area contributed by atoms with Crippen molar-refractivity contribution >= 4 is 34.0 Å². The van der Waals surface area contributed by atoms with Crippen LogP contribution >= 0.6 is 0 Å². The van der Waals surface area contributed by atoms with Crippen LogP contribution in [0, 0.1) is 10.1 Å². The Morgan fingerprint density at radius 2 is 1.68 bits per heavy atom. The van der Waals surface area contributed by atoms with Gasteiger partial charge in [-0.2, -0.15) is 0 Å². The first kappa shape index (κ1) is 18.8. The minimum atomic E-state index is -0.736. The average Bonchev–Trinajstić information content (AvgIpc) is 2.71. The van der Waals surface area contributed by atoms with Gasteiger partial charge in [-0.25, -0.2) is 4.79 Å². The highest BCUT2D eigenvalue weighted by atomic mass is 16.6. The number of nitrogens with zero attached hydrogens (tertiary/aromatic N) is 1. The highest BCUT2D eigenvalue weighted by Crippen LogP contribution is 2.27. The summed E-state index contributed by atoms with van der Waals surface area (Å²) in [6.07, 6.45) is 0. The summed E-state index contributed by atoms with van der Waals surface area (Å²) in [5, 5.41) is 15.1. The second kappa shape index (κ2) is 8.17. The third kappa shape index (κ3) is 4.07. The molecule has 0 atom stereocenters. The zero-order chi connectivity index (χ0) is 20.1. The summed E-state index contributed by atoms with van der Waals surface area (Å²) >= 11 is 0. The first-order chi connectivity index (χ1) is 13.5. The Kier molecular flexibility index (Phi) is 5.50. The van der Waals surface area contributed by atoms with E-state index in [9.17, 15) is 19.7 Å². The van der Waals surface area contributed by atoms with E-state index in [1.165, 1.54) is 25.3 Å². The third-order valence-electron chi connectivity index (χ3n) is 4.00. The lowest BCUT2D eigenvalue weighted by atomic mass is 10.1. The molecule has 8 nitrogen and oxygen atoms in total. The highest BCUT2D eigenvalue weighted by Gasteiger charge is 2.18. The number of esters is 1. The summed E-state index contributed by atoms with van der Waals surface area (Å²) in [6, 6.07) is 16.5. The minimum Gasteiger partial charge on any atom is -0.496 e. The molecule has 1 N–H and O–H groups in total. The number of carbonyl (C=O) groups is 2. The quantitative estimate of drug-likeness (QED) is 0.398. The molecule has 3 aromatic rings. The first-order valence-electron chi connectivity index (χ1n) is 8.27. The van der Waals surface area contributed by atoms with Crippen LogP contribution in [0.25, 0.3) is 10.8 Å². The lowest BCUT2D eigenvalue weighted by Crippen LogP contribution is -2.21. The number of fused-ring (bicyclic) bond motifs is 1. The molecule has 0 heterocycles. The largest absolute Gasteiger partial charge is 0.496 e. The molecular formula is C20H16N2O6. The molecule has 0 unspecified atom stereocenters. The molecule has 0 fully saturated rings. The molecule has 0 aromatic heterocycles. The van der Waals surface area contributed by atoms with Gasteiger partial charge in [-0.1, -0.05) is 36.4 Å². The van der Waals surface area contributed by atoms with Gasteiger partial charge >= 0.3 is 5.97 Å². The summed E-state index contributed by atoms with van der Waals surface area (Å²) in [5.74, 6) is -1.11. The van der Waals surface area contributed by atoms with E-state index in [1.54, 1.807) is 18.2 Å². The maximum atomic E-state index is 12.4. The van der Waals surface area contributed by atoms with Crippen molar-refractivity contribution < 1.29 is 24.0 Å². The highest BCUT2D eigenvalue weighted by molar-refractivity contribution is 6.00. The Labute approximate surface area is 159 Å². The van der Waals surface area contributed by atoms with E-state index in [1.807, 2.05) is 24.3 Å². The second-order valence-corrected chi connectivity index (χ2v) is 5.80. The molecule has 0 radical (unpaired) electrons. The fraction of sp³-hybridized carbons (Fsp3) is 0.100. The fourth-order valence-corrected chi connectivity index (χ4v) is 2.68. The maximum Gasteiger partial charge on any atom is 0.342 e. The van der Waals surface area contributed by atoms with Crippen molar-refractivity contribution in [1.82, 2.24) is 0 Å². The minimum absolute atomic E-state index is 0.0248. The predicted octanol–water partition coefficient (Wildman–Crippen LogP) is 3.55. The molecule has 142 valence electrons. The number of amides is 1. The number of para-hydroxylation sites is 2. The van der Waals surface area contributed by atoms with Gasteiger partial charge in [0.2, 0.25) is 0 Å². The second-order valence-electron chi connectivity index (χ2n) is 5.80. The standard InChI is InChI=1S/C20H16N2O6/c1-27-18-11-14-7-3-2-6-13(14)10-15(18)20(24)28-12-19(23)21-16-8-4-5-9-17(16)22(25)26/h2-11H,12H2,1H3,(H,21,23). The molecule has 0 saturated heterocycles. The van der Waals surface area contributed by atoms with Crippen LogP contribution in [0.4, 0.5) is 11.4 Å². The zero-order valence-electron chi connectivity index (χ0n) is 14.9. The Hall–Kier alpha value is -3.94.